The molecule has 0 radical (unpaired) electrons. The fraction of sp³-hybridized carbons (Fsp3) is 0.238. The monoisotopic (exact) mass is 392 g/mol. The number of hydrogen-bond acceptors (Lipinski definition) is 6. The van der Waals surface area contributed by atoms with E-state index in [4.69, 9.17) is 9.47 Å². The van der Waals surface area contributed by atoms with Gasteiger partial charge < -0.3 is 14.0 Å². The number of aromatic nitrogens is 4. The molecule has 0 saturated carbocycles. The minimum Gasteiger partial charge on any atom is -0.496 e. The summed E-state index contributed by atoms with van der Waals surface area (Å²) in [7, 11) is 2.94. The molecule has 0 bridgehead atoms. The molecule has 0 atom stereocenters. The SMILES string of the molecule is COC(=O)c1c(C)nn2c1ncc1c(=O)n(CCc3ccccc3OC)ccc12. The Balaban J connectivity index is 1.75. The van der Waals surface area contributed by atoms with E-state index < -0.39 is 5.97 Å². The first kappa shape index (κ1) is 18.7. The van der Waals surface area contributed by atoms with Gasteiger partial charge in [-0.1, -0.05) is 18.2 Å². The zero-order chi connectivity index (χ0) is 20.5. The van der Waals surface area contributed by atoms with Crippen LogP contribution in [-0.4, -0.2) is 39.4 Å². The lowest BCUT2D eigenvalue weighted by Gasteiger charge is -2.10. The maximum absolute atomic E-state index is 13.0. The van der Waals surface area contributed by atoms with Crippen LogP contribution in [0.1, 0.15) is 21.6 Å². The number of pyridine rings is 1. The summed E-state index contributed by atoms with van der Waals surface area (Å²) < 4.78 is 13.4. The van der Waals surface area contributed by atoms with Crippen LogP contribution in [0, 0.1) is 6.92 Å². The van der Waals surface area contributed by atoms with E-state index in [1.807, 2.05) is 24.3 Å². The van der Waals surface area contributed by atoms with Gasteiger partial charge >= 0.3 is 5.97 Å². The molecule has 3 aromatic heterocycles. The molecule has 148 valence electrons. The molecule has 0 N–H and O–H groups in total. The van der Waals surface area contributed by atoms with E-state index in [0.29, 0.717) is 40.8 Å². The van der Waals surface area contributed by atoms with Crippen molar-refractivity contribution in [3.8, 4) is 5.75 Å². The minimum atomic E-state index is -0.505. The average Bonchev–Trinajstić information content (AvgIpc) is 3.09. The standard InChI is InChI=1S/C21H20N4O4/c1-13-18(21(27)29-3)19-22-12-15-16(25(19)23-13)9-11-24(20(15)26)10-8-14-6-4-5-7-17(14)28-2/h4-7,9,11-12H,8,10H2,1-3H3. The average molecular weight is 392 g/mol. The highest BCUT2D eigenvalue weighted by Gasteiger charge is 2.20. The molecule has 1 aromatic carbocycles. The molecule has 0 spiro atoms. The third-order valence-corrected chi connectivity index (χ3v) is 4.96. The topological polar surface area (TPSA) is 87.7 Å². The first-order valence-corrected chi connectivity index (χ1v) is 9.13. The van der Waals surface area contributed by atoms with Crippen LogP contribution >= 0.6 is 0 Å². The Labute approximate surface area is 166 Å². The summed E-state index contributed by atoms with van der Waals surface area (Å²) in [5.41, 5.74) is 2.62. The molecular weight excluding hydrogens is 372 g/mol. The Morgan fingerprint density at radius 2 is 1.97 bits per heavy atom. The Kier molecular flexibility index (Phi) is 4.75. The van der Waals surface area contributed by atoms with Crippen molar-refractivity contribution >= 4 is 22.5 Å². The normalized spacial score (nSPS) is 11.1. The van der Waals surface area contributed by atoms with Gasteiger partial charge in [0.15, 0.2) is 5.65 Å². The van der Waals surface area contributed by atoms with E-state index in [1.54, 1.807) is 30.9 Å². The van der Waals surface area contributed by atoms with Crippen LogP contribution in [0.4, 0.5) is 0 Å². The van der Waals surface area contributed by atoms with Crippen LogP contribution in [0.25, 0.3) is 16.6 Å². The number of carbonyl (C=O) groups is 1. The second-order valence-electron chi connectivity index (χ2n) is 6.62. The molecule has 0 aliphatic carbocycles. The zero-order valence-electron chi connectivity index (χ0n) is 16.4. The smallest absolute Gasteiger partial charge is 0.343 e. The van der Waals surface area contributed by atoms with Gasteiger partial charge in [0.05, 0.1) is 30.8 Å². The van der Waals surface area contributed by atoms with Crippen LogP contribution in [0.15, 0.2) is 47.5 Å². The first-order chi connectivity index (χ1) is 14.0. The lowest BCUT2D eigenvalue weighted by atomic mass is 10.1. The van der Waals surface area contributed by atoms with E-state index in [9.17, 15) is 9.59 Å². The molecule has 4 aromatic rings. The second kappa shape index (κ2) is 7.38. The van der Waals surface area contributed by atoms with Crippen LogP contribution in [0.3, 0.4) is 0 Å². The van der Waals surface area contributed by atoms with E-state index in [2.05, 4.69) is 10.1 Å². The van der Waals surface area contributed by atoms with Gasteiger partial charge in [-0.15, -0.1) is 0 Å². The molecule has 8 nitrogen and oxygen atoms in total. The molecule has 0 saturated heterocycles. The number of fused-ring (bicyclic) bond motifs is 3. The molecule has 29 heavy (non-hydrogen) atoms. The van der Waals surface area contributed by atoms with Crippen molar-refractivity contribution in [2.75, 3.05) is 14.2 Å². The number of carbonyl (C=O) groups excluding carboxylic acids is 1. The Hall–Kier alpha value is -3.68. The Morgan fingerprint density at radius 1 is 1.17 bits per heavy atom. The third-order valence-electron chi connectivity index (χ3n) is 4.96. The van der Waals surface area contributed by atoms with Crippen molar-refractivity contribution in [2.45, 2.75) is 19.9 Å². The molecule has 3 heterocycles. The fourth-order valence-electron chi connectivity index (χ4n) is 3.48. The zero-order valence-corrected chi connectivity index (χ0v) is 16.4. The van der Waals surface area contributed by atoms with E-state index in [-0.39, 0.29) is 5.56 Å². The highest BCUT2D eigenvalue weighted by molar-refractivity contribution is 5.98. The maximum Gasteiger partial charge on any atom is 0.343 e. The lowest BCUT2D eigenvalue weighted by Crippen LogP contribution is -2.21. The quantitative estimate of drug-likeness (QED) is 0.485. The molecule has 0 fully saturated rings. The van der Waals surface area contributed by atoms with E-state index in [0.717, 1.165) is 11.3 Å². The number of para-hydroxylation sites is 1. The van der Waals surface area contributed by atoms with Gasteiger partial charge in [-0.2, -0.15) is 5.10 Å². The van der Waals surface area contributed by atoms with Crippen molar-refractivity contribution < 1.29 is 14.3 Å². The number of esters is 1. The van der Waals surface area contributed by atoms with Crippen LogP contribution in [0.5, 0.6) is 5.75 Å². The summed E-state index contributed by atoms with van der Waals surface area (Å²) in [6.45, 7) is 2.21. The van der Waals surface area contributed by atoms with Crippen molar-refractivity contribution in [3.05, 3.63) is 69.9 Å². The van der Waals surface area contributed by atoms with Crippen LogP contribution in [-0.2, 0) is 17.7 Å². The summed E-state index contributed by atoms with van der Waals surface area (Å²) in [6, 6.07) is 9.55. The van der Waals surface area contributed by atoms with Crippen molar-refractivity contribution in [2.24, 2.45) is 0 Å². The van der Waals surface area contributed by atoms with Gasteiger partial charge in [0.25, 0.3) is 5.56 Å². The van der Waals surface area contributed by atoms with Gasteiger partial charge in [0.2, 0.25) is 0 Å². The van der Waals surface area contributed by atoms with Crippen molar-refractivity contribution in [1.29, 1.82) is 0 Å². The van der Waals surface area contributed by atoms with Crippen molar-refractivity contribution in [3.63, 3.8) is 0 Å². The number of aryl methyl sites for hydroxylation is 3. The van der Waals surface area contributed by atoms with Gasteiger partial charge in [-0.05, 0) is 31.0 Å². The molecule has 4 rings (SSSR count). The molecule has 0 unspecified atom stereocenters. The predicted molar refractivity (Wildman–Crippen MR) is 108 cm³/mol. The number of methoxy groups -OCH3 is 2. The predicted octanol–water partition coefficient (Wildman–Crippen LogP) is 2.39. The maximum atomic E-state index is 13.0. The number of ether oxygens (including phenoxy) is 2. The largest absolute Gasteiger partial charge is 0.496 e. The Bertz CT molecular complexity index is 1290. The van der Waals surface area contributed by atoms with Crippen LogP contribution in [0.2, 0.25) is 0 Å². The molecule has 8 heteroatoms. The van der Waals surface area contributed by atoms with Gasteiger partial charge in [-0.25, -0.2) is 14.3 Å². The number of hydrogen-bond donors (Lipinski definition) is 0. The summed E-state index contributed by atoms with van der Waals surface area (Å²) in [5.74, 6) is 0.293. The van der Waals surface area contributed by atoms with Gasteiger partial charge in [0.1, 0.15) is 11.3 Å². The number of nitrogens with zero attached hydrogens (tertiary/aromatic N) is 4. The molecule has 0 amide bonds. The summed E-state index contributed by atoms with van der Waals surface area (Å²) in [6.07, 6.45) is 3.87. The Morgan fingerprint density at radius 3 is 2.72 bits per heavy atom. The first-order valence-electron chi connectivity index (χ1n) is 9.13. The minimum absolute atomic E-state index is 0.167. The fourth-order valence-corrected chi connectivity index (χ4v) is 3.48. The van der Waals surface area contributed by atoms with Crippen LogP contribution < -0.4 is 10.3 Å². The lowest BCUT2D eigenvalue weighted by molar-refractivity contribution is 0.0602. The third kappa shape index (κ3) is 3.12. The summed E-state index contributed by atoms with van der Waals surface area (Å²) in [4.78, 5) is 29.3. The molecule has 0 aliphatic rings. The highest BCUT2D eigenvalue weighted by atomic mass is 16.5. The van der Waals surface area contributed by atoms with Crippen molar-refractivity contribution in [1.82, 2.24) is 19.2 Å². The molecule has 0 aliphatic heterocycles. The highest BCUT2D eigenvalue weighted by Crippen LogP contribution is 2.20. The van der Waals surface area contributed by atoms with Gasteiger partial charge in [0, 0.05) is 18.9 Å². The van der Waals surface area contributed by atoms with Gasteiger partial charge in [-0.3, -0.25) is 4.79 Å². The van der Waals surface area contributed by atoms with E-state index in [1.165, 1.54) is 17.8 Å². The van der Waals surface area contributed by atoms with E-state index >= 15 is 0 Å². The number of benzene rings is 1. The number of rotatable bonds is 5. The second-order valence-corrected chi connectivity index (χ2v) is 6.62. The summed E-state index contributed by atoms with van der Waals surface area (Å²) >= 11 is 0. The summed E-state index contributed by atoms with van der Waals surface area (Å²) in [5, 5.41) is 4.82. The molecular formula is C21H20N4O4.